The number of carbonyl (C=O) groups excluding carboxylic acids is 2. The van der Waals surface area contributed by atoms with Crippen LogP contribution in [0.2, 0.25) is 0 Å². The molecule has 5 heteroatoms. The van der Waals surface area contributed by atoms with E-state index in [0.29, 0.717) is 12.8 Å². The molecule has 1 fully saturated rings. The maximum absolute atomic E-state index is 12.1. The SMILES string of the molecule is CC[C@H](NC(=O)[C@@H]1CCC(=O)N1)c1ccc(OC)cc1. The van der Waals surface area contributed by atoms with Crippen LogP contribution in [0.25, 0.3) is 0 Å². The molecule has 0 spiro atoms. The van der Waals surface area contributed by atoms with Crippen LogP contribution in [0.15, 0.2) is 24.3 Å². The molecular formula is C15H20N2O3. The predicted octanol–water partition coefficient (Wildman–Crippen LogP) is 1.54. The third kappa shape index (κ3) is 3.29. The molecule has 20 heavy (non-hydrogen) atoms. The van der Waals surface area contributed by atoms with Crippen molar-refractivity contribution < 1.29 is 14.3 Å². The summed E-state index contributed by atoms with van der Waals surface area (Å²) in [6.45, 7) is 2.02. The topological polar surface area (TPSA) is 67.4 Å². The van der Waals surface area contributed by atoms with Crippen molar-refractivity contribution in [1.82, 2.24) is 10.6 Å². The van der Waals surface area contributed by atoms with Crippen LogP contribution in [0, 0.1) is 0 Å². The number of ether oxygens (including phenoxy) is 1. The van der Waals surface area contributed by atoms with Gasteiger partial charge in [-0.25, -0.2) is 0 Å². The summed E-state index contributed by atoms with van der Waals surface area (Å²) in [4.78, 5) is 23.3. The Morgan fingerprint density at radius 3 is 2.65 bits per heavy atom. The van der Waals surface area contributed by atoms with E-state index in [0.717, 1.165) is 17.7 Å². The van der Waals surface area contributed by atoms with E-state index in [1.54, 1.807) is 7.11 Å². The Kier molecular flexibility index (Phi) is 4.61. The highest BCUT2D eigenvalue weighted by molar-refractivity contribution is 5.90. The second kappa shape index (κ2) is 6.41. The number of hydrogen-bond donors (Lipinski definition) is 2. The van der Waals surface area contributed by atoms with Crippen molar-refractivity contribution in [3.8, 4) is 5.75 Å². The molecule has 1 aliphatic rings. The van der Waals surface area contributed by atoms with Crippen molar-refractivity contribution in [3.63, 3.8) is 0 Å². The number of hydrogen-bond acceptors (Lipinski definition) is 3. The van der Waals surface area contributed by atoms with E-state index < -0.39 is 6.04 Å². The summed E-state index contributed by atoms with van der Waals surface area (Å²) in [6, 6.07) is 7.20. The lowest BCUT2D eigenvalue weighted by Gasteiger charge is -2.20. The van der Waals surface area contributed by atoms with Crippen molar-refractivity contribution >= 4 is 11.8 Å². The normalized spacial score (nSPS) is 19.3. The maximum Gasteiger partial charge on any atom is 0.243 e. The molecule has 0 unspecified atom stereocenters. The van der Waals surface area contributed by atoms with Gasteiger partial charge in [0.2, 0.25) is 11.8 Å². The Morgan fingerprint density at radius 2 is 2.15 bits per heavy atom. The average molecular weight is 276 g/mol. The first kappa shape index (κ1) is 14.4. The molecule has 0 bridgehead atoms. The fourth-order valence-corrected chi connectivity index (χ4v) is 2.34. The summed E-state index contributed by atoms with van der Waals surface area (Å²) >= 11 is 0. The number of amides is 2. The van der Waals surface area contributed by atoms with Gasteiger partial charge in [-0.1, -0.05) is 19.1 Å². The molecule has 1 aromatic carbocycles. The van der Waals surface area contributed by atoms with Gasteiger partial charge in [0.1, 0.15) is 11.8 Å². The summed E-state index contributed by atoms with van der Waals surface area (Å²) in [5.74, 6) is 0.624. The highest BCUT2D eigenvalue weighted by atomic mass is 16.5. The summed E-state index contributed by atoms with van der Waals surface area (Å²) in [5.41, 5.74) is 1.03. The minimum atomic E-state index is -0.394. The Balaban J connectivity index is 2.00. The molecule has 0 saturated carbocycles. The Bertz CT molecular complexity index is 484. The molecule has 5 nitrogen and oxygen atoms in total. The van der Waals surface area contributed by atoms with Gasteiger partial charge in [0.05, 0.1) is 13.2 Å². The molecule has 2 atom stereocenters. The van der Waals surface area contributed by atoms with Gasteiger partial charge in [0.15, 0.2) is 0 Å². The molecule has 0 radical (unpaired) electrons. The van der Waals surface area contributed by atoms with Crippen LogP contribution in [-0.2, 0) is 9.59 Å². The smallest absolute Gasteiger partial charge is 0.243 e. The van der Waals surface area contributed by atoms with E-state index in [1.165, 1.54) is 0 Å². The first-order chi connectivity index (χ1) is 9.63. The molecular weight excluding hydrogens is 256 g/mol. The second-order valence-electron chi connectivity index (χ2n) is 4.90. The zero-order valence-electron chi connectivity index (χ0n) is 11.8. The average Bonchev–Trinajstić information content (AvgIpc) is 2.91. The summed E-state index contributed by atoms with van der Waals surface area (Å²) < 4.78 is 5.12. The molecule has 1 saturated heterocycles. The lowest BCUT2D eigenvalue weighted by atomic mass is 10.0. The van der Waals surface area contributed by atoms with Crippen LogP contribution in [0.3, 0.4) is 0 Å². The van der Waals surface area contributed by atoms with Crippen molar-refractivity contribution in [2.45, 2.75) is 38.3 Å². The van der Waals surface area contributed by atoms with Crippen LogP contribution in [-0.4, -0.2) is 25.0 Å². The molecule has 108 valence electrons. The number of nitrogens with one attached hydrogen (secondary N) is 2. The zero-order chi connectivity index (χ0) is 14.5. The van der Waals surface area contributed by atoms with Crippen LogP contribution >= 0.6 is 0 Å². The third-order valence-electron chi connectivity index (χ3n) is 3.55. The fraction of sp³-hybridized carbons (Fsp3) is 0.467. The van der Waals surface area contributed by atoms with Gasteiger partial charge in [-0.05, 0) is 30.5 Å². The number of carbonyl (C=O) groups is 2. The highest BCUT2D eigenvalue weighted by Gasteiger charge is 2.28. The second-order valence-corrected chi connectivity index (χ2v) is 4.90. The number of methoxy groups -OCH3 is 1. The molecule has 1 heterocycles. The van der Waals surface area contributed by atoms with Gasteiger partial charge in [-0.3, -0.25) is 9.59 Å². The van der Waals surface area contributed by atoms with E-state index in [1.807, 2.05) is 31.2 Å². The van der Waals surface area contributed by atoms with E-state index >= 15 is 0 Å². The van der Waals surface area contributed by atoms with Crippen molar-refractivity contribution in [3.05, 3.63) is 29.8 Å². The van der Waals surface area contributed by atoms with Crippen molar-refractivity contribution in [2.75, 3.05) is 7.11 Å². The first-order valence-corrected chi connectivity index (χ1v) is 6.87. The van der Waals surface area contributed by atoms with Gasteiger partial charge < -0.3 is 15.4 Å². The molecule has 0 aromatic heterocycles. The van der Waals surface area contributed by atoms with Crippen LogP contribution in [0.1, 0.15) is 37.8 Å². The third-order valence-corrected chi connectivity index (χ3v) is 3.55. The zero-order valence-corrected chi connectivity index (χ0v) is 11.8. The van der Waals surface area contributed by atoms with Crippen molar-refractivity contribution in [2.24, 2.45) is 0 Å². The minimum Gasteiger partial charge on any atom is -0.497 e. The highest BCUT2D eigenvalue weighted by Crippen LogP contribution is 2.20. The van der Waals surface area contributed by atoms with E-state index in [2.05, 4.69) is 10.6 Å². The minimum absolute atomic E-state index is 0.0501. The maximum atomic E-state index is 12.1. The Labute approximate surface area is 118 Å². The monoisotopic (exact) mass is 276 g/mol. The Morgan fingerprint density at radius 1 is 1.45 bits per heavy atom. The van der Waals surface area contributed by atoms with Crippen LogP contribution in [0.4, 0.5) is 0 Å². The summed E-state index contributed by atoms with van der Waals surface area (Å²) in [6.07, 6.45) is 1.79. The quantitative estimate of drug-likeness (QED) is 0.857. The van der Waals surface area contributed by atoms with Crippen LogP contribution < -0.4 is 15.4 Å². The molecule has 0 aliphatic carbocycles. The van der Waals surface area contributed by atoms with Crippen molar-refractivity contribution in [1.29, 1.82) is 0 Å². The predicted molar refractivity (Wildman–Crippen MR) is 75.3 cm³/mol. The number of rotatable bonds is 5. The summed E-state index contributed by atoms with van der Waals surface area (Å²) in [5, 5.41) is 5.67. The largest absolute Gasteiger partial charge is 0.497 e. The van der Waals surface area contributed by atoms with E-state index in [4.69, 9.17) is 4.74 Å². The van der Waals surface area contributed by atoms with Gasteiger partial charge in [-0.2, -0.15) is 0 Å². The van der Waals surface area contributed by atoms with Gasteiger partial charge in [0, 0.05) is 6.42 Å². The molecule has 1 aliphatic heterocycles. The van der Waals surface area contributed by atoms with E-state index in [9.17, 15) is 9.59 Å². The Hall–Kier alpha value is -2.04. The molecule has 2 rings (SSSR count). The van der Waals surface area contributed by atoms with E-state index in [-0.39, 0.29) is 17.9 Å². The molecule has 2 amide bonds. The molecule has 2 N–H and O–H groups in total. The molecule has 1 aromatic rings. The standard InChI is InChI=1S/C15H20N2O3/c1-3-12(10-4-6-11(20-2)7-5-10)17-15(19)13-8-9-14(18)16-13/h4-7,12-13H,3,8-9H2,1-2H3,(H,16,18)(H,17,19)/t12-,13-/m0/s1. The fourth-order valence-electron chi connectivity index (χ4n) is 2.34. The lowest BCUT2D eigenvalue weighted by Crippen LogP contribution is -2.42. The van der Waals surface area contributed by atoms with Gasteiger partial charge >= 0.3 is 0 Å². The van der Waals surface area contributed by atoms with Gasteiger partial charge in [0.25, 0.3) is 0 Å². The summed E-state index contributed by atoms with van der Waals surface area (Å²) in [7, 11) is 1.62. The lowest BCUT2D eigenvalue weighted by molar-refractivity contribution is -0.126. The number of benzene rings is 1. The van der Waals surface area contributed by atoms with Gasteiger partial charge in [-0.15, -0.1) is 0 Å². The first-order valence-electron chi connectivity index (χ1n) is 6.87. The van der Waals surface area contributed by atoms with Crippen LogP contribution in [0.5, 0.6) is 5.75 Å².